The van der Waals surface area contributed by atoms with E-state index in [1.165, 1.54) is 6.07 Å². The summed E-state index contributed by atoms with van der Waals surface area (Å²) >= 11 is 6.50. The second-order valence-corrected chi connectivity index (χ2v) is 6.36. The molecule has 1 aliphatic heterocycles. The van der Waals surface area contributed by atoms with E-state index in [0.29, 0.717) is 28.7 Å². The lowest BCUT2D eigenvalue weighted by Crippen LogP contribution is -2.43. The van der Waals surface area contributed by atoms with Crippen LogP contribution in [-0.2, 0) is 9.53 Å². The molecule has 0 radical (unpaired) electrons. The predicted octanol–water partition coefficient (Wildman–Crippen LogP) is 2.23. The van der Waals surface area contributed by atoms with Gasteiger partial charge >= 0.3 is 5.97 Å². The van der Waals surface area contributed by atoms with Gasteiger partial charge in [-0.1, -0.05) is 15.9 Å². The van der Waals surface area contributed by atoms with Gasteiger partial charge in [-0.25, -0.2) is 4.79 Å². The third-order valence-corrected chi connectivity index (χ3v) is 4.06. The van der Waals surface area contributed by atoms with Crippen LogP contribution in [0.2, 0.25) is 0 Å². The Morgan fingerprint density at radius 2 is 2.19 bits per heavy atom. The van der Waals surface area contributed by atoms with Crippen LogP contribution in [0.4, 0.5) is 5.69 Å². The molecule has 3 N–H and O–H groups in total. The summed E-state index contributed by atoms with van der Waals surface area (Å²) in [6.45, 7) is 1.82. The van der Waals surface area contributed by atoms with Crippen molar-refractivity contribution >= 4 is 49.4 Å². The fourth-order valence-corrected chi connectivity index (χ4v) is 3.36. The van der Waals surface area contributed by atoms with E-state index in [1.54, 1.807) is 6.07 Å². The largest absolute Gasteiger partial charge is 0.478 e. The highest BCUT2D eigenvalue weighted by Crippen LogP contribution is 2.31. The number of ether oxygens (including phenoxy) is 1. The molecule has 1 atom stereocenters. The molecule has 8 heteroatoms. The number of carbonyl (C=O) groups excluding carboxylic acids is 1. The number of carbonyl (C=O) groups is 2. The molecule has 0 aromatic heterocycles. The van der Waals surface area contributed by atoms with Gasteiger partial charge < -0.3 is 20.5 Å². The van der Waals surface area contributed by atoms with E-state index in [9.17, 15) is 14.7 Å². The number of morpholine rings is 1. The van der Waals surface area contributed by atoms with E-state index < -0.39 is 5.97 Å². The van der Waals surface area contributed by atoms with Crippen molar-refractivity contribution in [2.24, 2.45) is 0 Å². The van der Waals surface area contributed by atoms with E-state index in [0.717, 1.165) is 0 Å². The van der Waals surface area contributed by atoms with Gasteiger partial charge in [0.15, 0.2) is 0 Å². The standard InChI is InChI=1S/C13H14Br2N2O4/c14-7-3-9(13(19)20)12(10(15)4-7)17-11(18)5-8-6-21-2-1-16-8/h3-4,8,16H,1-2,5-6H2,(H,17,18)(H,19,20). The Balaban J connectivity index is 2.11. The molecule has 1 aromatic carbocycles. The van der Waals surface area contributed by atoms with Crippen LogP contribution >= 0.6 is 31.9 Å². The fraction of sp³-hybridized carbons (Fsp3) is 0.385. The number of hydrogen-bond acceptors (Lipinski definition) is 4. The Morgan fingerprint density at radius 3 is 2.81 bits per heavy atom. The Hall–Kier alpha value is -0.960. The molecule has 1 saturated heterocycles. The number of carboxylic acid groups (broad SMARTS) is 1. The van der Waals surface area contributed by atoms with E-state index in [-0.39, 0.29) is 29.6 Å². The molecule has 6 nitrogen and oxygen atoms in total. The summed E-state index contributed by atoms with van der Waals surface area (Å²) in [5.41, 5.74) is 0.282. The molecule has 0 bridgehead atoms. The van der Waals surface area contributed by atoms with E-state index in [4.69, 9.17) is 4.74 Å². The van der Waals surface area contributed by atoms with Crippen molar-refractivity contribution < 1.29 is 19.4 Å². The topological polar surface area (TPSA) is 87.7 Å². The van der Waals surface area contributed by atoms with Crippen LogP contribution in [0, 0.1) is 0 Å². The summed E-state index contributed by atoms with van der Waals surface area (Å²) in [5.74, 6) is -1.37. The van der Waals surface area contributed by atoms with Gasteiger partial charge in [0.05, 0.1) is 24.5 Å². The van der Waals surface area contributed by atoms with Crippen LogP contribution in [0.25, 0.3) is 0 Å². The number of aromatic carboxylic acids is 1. The number of benzene rings is 1. The highest BCUT2D eigenvalue weighted by molar-refractivity contribution is 9.11. The minimum atomic E-state index is -1.11. The number of carboxylic acids is 1. The molecule has 1 unspecified atom stereocenters. The molecular weight excluding hydrogens is 408 g/mol. The number of anilines is 1. The smallest absolute Gasteiger partial charge is 0.337 e. The minimum Gasteiger partial charge on any atom is -0.478 e. The predicted molar refractivity (Wildman–Crippen MR) is 84.7 cm³/mol. The maximum atomic E-state index is 12.1. The van der Waals surface area contributed by atoms with Crippen LogP contribution in [0.15, 0.2) is 21.1 Å². The lowest BCUT2D eigenvalue weighted by molar-refractivity contribution is -0.117. The average molecular weight is 422 g/mol. The molecule has 1 amide bonds. The summed E-state index contributed by atoms with van der Waals surface area (Å²) in [6.07, 6.45) is 0.224. The number of halogens is 2. The van der Waals surface area contributed by atoms with Crippen LogP contribution in [0.1, 0.15) is 16.8 Å². The van der Waals surface area contributed by atoms with Gasteiger partial charge in [0, 0.05) is 28.0 Å². The number of nitrogens with one attached hydrogen (secondary N) is 2. The van der Waals surface area contributed by atoms with Crippen LogP contribution in [0.3, 0.4) is 0 Å². The Kier molecular flexibility index (Phi) is 5.74. The zero-order valence-electron chi connectivity index (χ0n) is 11.0. The lowest BCUT2D eigenvalue weighted by atomic mass is 10.1. The minimum absolute atomic E-state index is 0.0254. The first-order valence-corrected chi connectivity index (χ1v) is 7.89. The maximum Gasteiger partial charge on any atom is 0.337 e. The first kappa shape index (κ1) is 16.4. The normalized spacial score (nSPS) is 18.3. The molecule has 1 fully saturated rings. The Morgan fingerprint density at radius 1 is 1.43 bits per heavy atom. The fourth-order valence-electron chi connectivity index (χ4n) is 2.03. The molecule has 21 heavy (non-hydrogen) atoms. The molecule has 2 rings (SSSR count). The zero-order chi connectivity index (χ0) is 15.4. The zero-order valence-corrected chi connectivity index (χ0v) is 14.2. The summed E-state index contributed by atoms with van der Waals surface area (Å²) in [6, 6.07) is 3.08. The third-order valence-electron chi connectivity index (χ3n) is 2.98. The van der Waals surface area contributed by atoms with Gasteiger partial charge in [-0.05, 0) is 28.1 Å². The quantitative estimate of drug-likeness (QED) is 0.693. The van der Waals surface area contributed by atoms with Crippen molar-refractivity contribution in [1.29, 1.82) is 0 Å². The molecule has 1 aliphatic rings. The Bertz CT molecular complexity index is 559. The summed E-state index contributed by atoms with van der Waals surface area (Å²) in [5, 5.41) is 15.1. The number of hydrogen-bond donors (Lipinski definition) is 3. The van der Waals surface area contributed by atoms with Gasteiger partial charge in [-0.15, -0.1) is 0 Å². The van der Waals surface area contributed by atoms with E-state index >= 15 is 0 Å². The van der Waals surface area contributed by atoms with E-state index in [2.05, 4.69) is 42.5 Å². The van der Waals surface area contributed by atoms with Crippen LogP contribution < -0.4 is 10.6 Å². The van der Waals surface area contributed by atoms with Gasteiger partial charge in [0.25, 0.3) is 0 Å². The van der Waals surface area contributed by atoms with Crippen molar-refractivity contribution in [3.63, 3.8) is 0 Å². The first-order valence-electron chi connectivity index (χ1n) is 6.30. The maximum absolute atomic E-state index is 12.1. The van der Waals surface area contributed by atoms with Crippen LogP contribution in [-0.4, -0.2) is 42.8 Å². The van der Waals surface area contributed by atoms with Crippen LogP contribution in [0.5, 0.6) is 0 Å². The second-order valence-electron chi connectivity index (χ2n) is 4.59. The molecule has 0 spiro atoms. The molecular formula is C13H14Br2N2O4. The average Bonchev–Trinajstić information content (AvgIpc) is 2.42. The van der Waals surface area contributed by atoms with Gasteiger partial charge in [0.1, 0.15) is 0 Å². The molecule has 0 aliphatic carbocycles. The SMILES string of the molecule is O=C(CC1COCCN1)Nc1c(Br)cc(Br)cc1C(=O)O. The van der Waals surface area contributed by atoms with E-state index in [1.807, 2.05) is 0 Å². The summed E-state index contributed by atoms with van der Waals surface area (Å²) in [4.78, 5) is 23.3. The van der Waals surface area contributed by atoms with Crippen molar-refractivity contribution in [3.8, 4) is 0 Å². The van der Waals surface area contributed by atoms with Crippen molar-refractivity contribution in [2.45, 2.75) is 12.5 Å². The van der Waals surface area contributed by atoms with Gasteiger partial charge in [-0.3, -0.25) is 4.79 Å². The molecule has 1 aromatic rings. The number of rotatable bonds is 4. The second kappa shape index (κ2) is 7.35. The molecule has 114 valence electrons. The van der Waals surface area contributed by atoms with Crippen molar-refractivity contribution in [3.05, 3.63) is 26.6 Å². The van der Waals surface area contributed by atoms with Crippen molar-refractivity contribution in [1.82, 2.24) is 5.32 Å². The molecule has 1 heterocycles. The summed E-state index contributed by atoms with van der Waals surface area (Å²) < 4.78 is 6.41. The monoisotopic (exact) mass is 420 g/mol. The Labute approximate surface area is 138 Å². The van der Waals surface area contributed by atoms with Gasteiger partial charge in [0.2, 0.25) is 5.91 Å². The van der Waals surface area contributed by atoms with Crippen molar-refractivity contribution in [2.75, 3.05) is 25.1 Å². The lowest BCUT2D eigenvalue weighted by Gasteiger charge is -2.23. The van der Waals surface area contributed by atoms with Gasteiger partial charge in [-0.2, -0.15) is 0 Å². The summed E-state index contributed by atoms with van der Waals surface area (Å²) in [7, 11) is 0. The highest BCUT2D eigenvalue weighted by atomic mass is 79.9. The number of amides is 1. The molecule has 0 saturated carbocycles. The highest BCUT2D eigenvalue weighted by Gasteiger charge is 2.20. The first-order chi connectivity index (χ1) is 9.97. The third kappa shape index (κ3) is 4.50.